The fourth-order valence-corrected chi connectivity index (χ4v) is 2.93. The Morgan fingerprint density at radius 2 is 2.09 bits per heavy atom. The topological polar surface area (TPSA) is 73.1 Å². The smallest absolute Gasteiger partial charge is 0.232 e. The van der Waals surface area contributed by atoms with E-state index in [9.17, 15) is 4.39 Å². The second kappa shape index (κ2) is 6.54. The minimum absolute atomic E-state index is 0.268. The molecule has 0 spiro atoms. The van der Waals surface area contributed by atoms with Crippen molar-refractivity contribution in [2.45, 2.75) is 44.3 Å². The summed E-state index contributed by atoms with van der Waals surface area (Å²) in [7, 11) is 1.53. The first-order chi connectivity index (χ1) is 10.7. The monoisotopic (exact) mass is 304 g/mol. The van der Waals surface area contributed by atoms with Gasteiger partial charge in [0.05, 0.1) is 18.8 Å². The maximum Gasteiger partial charge on any atom is 0.232 e. The molecule has 0 radical (unpaired) electrons. The number of aromatic nitrogens is 2. The average Bonchev–Trinajstić information content (AvgIpc) is 2.55. The van der Waals surface area contributed by atoms with Gasteiger partial charge >= 0.3 is 0 Å². The van der Waals surface area contributed by atoms with E-state index in [0.29, 0.717) is 41.1 Å². The molecule has 1 heterocycles. The molecule has 0 atom stereocenters. The van der Waals surface area contributed by atoms with E-state index in [-0.39, 0.29) is 5.82 Å². The minimum Gasteiger partial charge on any atom is -0.480 e. The molecule has 2 aromatic rings. The normalized spacial score (nSPS) is 22.0. The molecule has 0 amide bonds. The van der Waals surface area contributed by atoms with E-state index in [0.717, 1.165) is 25.7 Å². The first-order valence-corrected chi connectivity index (χ1v) is 7.64. The van der Waals surface area contributed by atoms with Crippen LogP contribution in [0.15, 0.2) is 18.3 Å². The van der Waals surface area contributed by atoms with Crippen LogP contribution >= 0.6 is 0 Å². The predicted octanol–water partition coefficient (Wildman–Crippen LogP) is 2.14. The Morgan fingerprint density at radius 3 is 2.82 bits per heavy atom. The molecule has 6 heteroatoms. The van der Waals surface area contributed by atoms with E-state index in [1.54, 1.807) is 12.3 Å². The first kappa shape index (κ1) is 15.1. The first-order valence-electron chi connectivity index (χ1n) is 7.64. The van der Waals surface area contributed by atoms with Crippen LogP contribution in [0.2, 0.25) is 0 Å². The van der Waals surface area contributed by atoms with Gasteiger partial charge in [0.1, 0.15) is 11.3 Å². The second-order valence-electron chi connectivity index (χ2n) is 5.80. The van der Waals surface area contributed by atoms with Gasteiger partial charge in [-0.1, -0.05) is 0 Å². The van der Waals surface area contributed by atoms with Gasteiger partial charge in [-0.25, -0.2) is 14.4 Å². The number of hydrogen-bond donors (Lipinski definition) is 2. The van der Waals surface area contributed by atoms with Gasteiger partial charge in [-0.05, 0) is 37.8 Å². The molecule has 22 heavy (non-hydrogen) atoms. The van der Waals surface area contributed by atoms with E-state index in [1.165, 1.54) is 13.2 Å². The molecule has 118 valence electrons. The number of benzene rings is 1. The zero-order valence-electron chi connectivity index (χ0n) is 12.7. The van der Waals surface area contributed by atoms with Crippen molar-refractivity contribution in [3.8, 4) is 5.88 Å². The Morgan fingerprint density at radius 1 is 1.32 bits per heavy atom. The number of methoxy groups -OCH3 is 1. The summed E-state index contributed by atoms with van der Waals surface area (Å²) in [6.07, 6.45) is 5.64. The zero-order chi connectivity index (χ0) is 15.5. The minimum atomic E-state index is -0.268. The number of halogens is 1. The Kier molecular flexibility index (Phi) is 4.49. The molecule has 1 aromatic carbocycles. The lowest BCUT2D eigenvalue weighted by Gasteiger charge is -2.27. The zero-order valence-corrected chi connectivity index (χ0v) is 12.7. The molecule has 3 rings (SSSR count). The molecule has 1 fully saturated rings. The summed E-state index contributed by atoms with van der Waals surface area (Å²) in [6.45, 7) is 0.435. The van der Waals surface area contributed by atoms with Crippen LogP contribution in [-0.4, -0.2) is 29.2 Å². The van der Waals surface area contributed by atoms with Crippen molar-refractivity contribution in [1.29, 1.82) is 0 Å². The Hall–Kier alpha value is -1.79. The molecule has 1 aliphatic rings. The summed E-state index contributed by atoms with van der Waals surface area (Å²) in [5, 5.41) is 3.42. The summed E-state index contributed by atoms with van der Waals surface area (Å²) in [6, 6.07) is 3.77. The Bertz CT molecular complexity index is 656. The second-order valence-corrected chi connectivity index (χ2v) is 5.80. The van der Waals surface area contributed by atoms with E-state index in [1.807, 2.05) is 0 Å². The standard InChI is InChI=1S/C16H21FN4O/c1-22-15-9-20-14-7-6-13(17)12(16(14)21-15)8-19-11-4-2-10(18)3-5-11/h6-7,9-11,19H,2-5,8,18H2,1H3/t10-,11-. The molecule has 0 aliphatic heterocycles. The lowest BCUT2D eigenvalue weighted by atomic mass is 9.91. The molecular weight excluding hydrogens is 283 g/mol. The van der Waals surface area contributed by atoms with Crippen LogP contribution in [0.5, 0.6) is 5.88 Å². The highest BCUT2D eigenvalue weighted by Gasteiger charge is 2.19. The summed E-state index contributed by atoms with van der Waals surface area (Å²) >= 11 is 0. The third-order valence-corrected chi connectivity index (χ3v) is 4.29. The molecule has 1 aromatic heterocycles. The van der Waals surface area contributed by atoms with E-state index < -0.39 is 0 Å². The number of ether oxygens (including phenoxy) is 1. The number of hydrogen-bond acceptors (Lipinski definition) is 5. The van der Waals surface area contributed by atoms with Crippen molar-refractivity contribution >= 4 is 11.0 Å². The number of fused-ring (bicyclic) bond motifs is 1. The highest BCUT2D eigenvalue weighted by Crippen LogP contribution is 2.22. The number of nitrogens with zero attached hydrogens (tertiary/aromatic N) is 2. The molecule has 3 N–H and O–H groups in total. The summed E-state index contributed by atoms with van der Waals surface area (Å²) in [4.78, 5) is 8.61. The molecule has 5 nitrogen and oxygen atoms in total. The van der Waals surface area contributed by atoms with E-state index in [4.69, 9.17) is 10.5 Å². The highest BCUT2D eigenvalue weighted by molar-refractivity contribution is 5.78. The van der Waals surface area contributed by atoms with E-state index >= 15 is 0 Å². The fourth-order valence-electron chi connectivity index (χ4n) is 2.93. The van der Waals surface area contributed by atoms with Gasteiger partial charge in [-0.3, -0.25) is 0 Å². The van der Waals surface area contributed by atoms with Crippen molar-refractivity contribution < 1.29 is 9.13 Å². The number of nitrogens with one attached hydrogen (secondary N) is 1. The molecule has 0 saturated heterocycles. The highest BCUT2D eigenvalue weighted by atomic mass is 19.1. The maximum absolute atomic E-state index is 14.2. The Balaban J connectivity index is 1.81. The fraction of sp³-hybridized carbons (Fsp3) is 0.500. The van der Waals surface area contributed by atoms with Crippen molar-refractivity contribution in [1.82, 2.24) is 15.3 Å². The van der Waals surface area contributed by atoms with Crippen molar-refractivity contribution in [2.24, 2.45) is 5.73 Å². The van der Waals surface area contributed by atoms with Crippen LogP contribution in [-0.2, 0) is 6.54 Å². The van der Waals surface area contributed by atoms with Gasteiger partial charge in [0, 0.05) is 24.2 Å². The van der Waals surface area contributed by atoms with Gasteiger partial charge in [-0.15, -0.1) is 0 Å². The summed E-state index contributed by atoms with van der Waals surface area (Å²) in [5.74, 6) is 0.123. The van der Waals surface area contributed by atoms with Crippen LogP contribution in [0.4, 0.5) is 4.39 Å². The van der Waals surface area contributed by atoms with Crippen LogP contribution < -0.4 is 15.8 Å². The van der Waals surface area contributed by atoms with Gasteiger partial charge in [0.2, 0.25) is 5.88 Å². The van der Waals surface area contributed by atoms with Crippen LogP contribution in [0.1, 0.15) is 31.2 Å². The molecule has 0 bridgehead atoms. The van der Waals surface area contributed by atoms with Crippen LogP contribution in [0.25, 0.3) is 11.0 Å². The largest absolute Gasteiger partial charge is 0.480 e. The van der Waals surface area contributed by atoms with Crippen LogP contribution in [0.3, 0.4) is 0 Å². The summed E-state index contributed by atoms with van der Waals surface area (Å²) in [5.41, 5.74) is 7.68. The molecule has 1 saturated carbocycles. The van der Waals surface area contributed by atoms with Gasteiger partial charge in [-0.2, -0.15) is 0 Å². The lowest BCUT2D eigenvalue weighted by Crippen LogP contribution is -2.37. The molecule has 0 unspecified atom stereocenters. The third kappa shape index (κ3) is 3.18. The third-order valence-electron chi connectivity index (χ3n) is 4.29. The van der Waals surface area contributed by atoms with Crippen LogP contribution in [0, 0.1) is 5.82 Å². The molecular formula is C16H21FN4O. The van der Waals surface area contributed by atoms with Crippen molar-refractivity contribution in [3.05, 3.63) is 29.7 Å². The van der Waals surface area contributed by atoms with Crippen molar-refractivity contribution in [3.63, 3.8) is 0 Å². The Labute approximate surface area is 129 Å². The van der Waals surface area contributed by atoms with Gasteiger partial charge in [0.15, 0.2) is 0 Å². The quantitative estimate of drug-likeness (QED) is 0.905. The average molecular weight is 304 g/mol. The SMILES string of the molecule is COc1cnc2ccc(F)c(CN[C@H]3CC[C@H](N)CC3)c2n1. The molecule has 1 aliphatic carbocycles. The number of rotatable bonds is 4. The predicted molar refractivity (Wildman–Crippen MR) is 83.1 cm³/mol. The van der Waals surface area contributed by atoms with Gasteiger partial charge in [0.25, 0.3) is 0 Å². The van der Waals surface area contributed by atoms with Crippen molar-refractivity contribution in [2.75, 3.05) is 7.11 Å². The maximum atomic E-state index is 14.2. The summed E-state index contributed by atoms with van der Waals surface area (Å²) < 4.78 is 19.3. The van der Waals surface area contributed by atoms with Gasteiger partial charge < -0.3 is 15.8 Å². The lowest BCUT2D eigenvalue weighted by molar-refractivity contribution is 0.340. The van der Waals surface area contributed by atoms with E-state index in [2.05, 4.69) is 15.3 Å². The number of nitrogens with two attached hydrogens (primary N) is 1.